The second kappa shape index (κ2) is 9.59. The standard InChI is InChI=1S/C26H34S2/c1-3-5-19-7-9-21(10-8-19)13-16-23-17-25-26(27-23)18-24(28-25)22-14-11-20(6-4-2)12-15-22/h11-12,14-15,17-19,21H,3-10,13,16H2,1-2H3/t19-,21-. The summed E-state index contributed by atoms with van der Waals surface area (Å²) < 4.78 is 2.97. The highest BCUT2D eigenvalue weighted by molar-refractivity contribution is 7.29. The van der Waals surface area contributed by atoms with Crippen molar-refractivity contribution in [3.63, 3.8) is 0 Å². The number of aryl methyl sites for hydroxylation is 2. The van der Waals surface area contributed by atoms with Crippen molar-refractivity contribution >= 4 is 32.1 Å². The third-order valence-corrected chi connectivity index (χ3v) is 8.90. The Morgan fingerprint density at radius 2 is 1.43 bits per heavy atom. The van der Waals surface area contributed by atoms with Gasteiger partial charge in [0, 0.05) is 19.2 Å². The number of hydrogen-bond donors (Lipinski definition) is 0. The van der Waals surface area contributed by atoms with E-state index in [1.807, 2.05) is 22.7 Å². The van der Waals surface area contributed by atoms with Gasteiger partial charge in [0.15, 0.2) is 0 Å². The van der Waals surface area contributed by atoms with Gasteiger partial charge in [0.05, 0.1) is 0 Å². The van der Waals surface area contributed by atoms with Crippen LogP contribution in [0.1, 0.15) is 75.7 Å². The van der Waals surface area contributed by atoms with E-state index in [2.05, 4.69) is 50.2 Å². The van der Waals surface area contributed by atoms with Crippen molar-refractivity contribution in [2.75, 3.05) is 0 Å². The minimum Gasteiger partial charge on any atom is -0.139 e. The van der Waals surface area contributed by atoms with Crippen molar-refractivity contribution in [1.82, 2.24) is 0 Å². The molecule has 3 aromatic rings. The Kier molecular flexibility index (Phi) is 6.90. The molecule has 0 nitrogen and oxygen atoms in total. The largest absolute Gasteiger partial charge is 0.139 e. The summed E-state index contributed by atoms with van der Waals surface area (Å²) >= 11 is 4.00. The lowest BCUT2D eigenvalue weighted by Crippen LogP contribution is -2.14. The molecule has 0 amide bonds. The number of thiophene rings is 2. The summed E-state index contributed by atoms with van der Waals surface area (Å²) in [4.78, 5) is 3.02. The van der Waals surface area contributed by atoms with Crippen LogP contribution in [-0.4, -0.2) is 0 Å². The lowest BCUT2D eigenvalue weighted by atomic mass is 9.78. The van der Waals surface area contributed by atoms with Crippen LogP contribution in [0, 0.1) is 11.8 Å². The van der Waals surface area contributed by atoms with Crippen LogP contribution in [0.15, 0.2) is 36.4 Å². The van der Waals surface area contributed by atoms with Crippen LogP contribution < -0.4 is 0 Å². The van der Waals surface area contributed by atoms with Gasteiger partial charge in [0.2, 0.25) is 0 Å². The Balaban J connectivity index is 1.34. The molecule has 0 bridgehead atoms. The van der Waals surface area contributed by atoms with E-state index in [4.69, 9.17) is 0 Å². The maximum Gasteiger partial charge on any atom is 0.0460 e. The molecule has 0 N–H and O–H groups in total. The number of hydrogen-bond acceptors (Lipinski definition) is 2. The van der Waals surface area contributed by atoms with Gasteiger partial charge >= 0.3 is 0 Å². The van der Waals surface area contributed by atoms with Crippen molar-refractivity contribution in [2.24, 2.45) is 11.8 Å². The molecular weight excluding hydrogens is 376 g/mol. The Morgan fingerprint density at radius 1 is 0.750 bits per heavy atom. The van der Waals surface area contributed by atoms with Crippen LogP contribution in [0.25, 0.3) is 19.8 Å². The molecule has 4 rings (SSSR count). The minimum absolute atomic E-state index is 0.977. The maximum absolute atomic E-state index is 2.47. The van der Waals surface area contributed by atoms with Gasteiger partial charge in [-0.3, -0.25) is 0 Å². The quantitative estimate of drug-likeness (QED) is 0.347. The van der Waals surface area contributed by atoms with Gasteiger partial charge in [-0.2, -0.15) is 0 Å². The molecular formula is C26H34S2. The molecule has 1 aliphatic rings. The summed E-state index contributed by atoms with van der Waals surface area (Å²) in [7, 11) is 0. The predicted octanol–water partition coefficient (Wildman–Crippen LogP) is 9.12. The van der Waals surface area contributed by atoms with Gasteiger partial charge in [0.1, 0.15) is 0 Å². The Labute approximate surface area is 179 Å². The topological polar surface area (TPSA) is 0 Å². The molecule has 2 heterocycles. The third kappa shape index (κ3) is 4.89. The maximum atomic E-state index is 2.47. The van der Waals surface area contributed by atoms with Gasteiger partial charge in [0.25, 0.3) is 0 Å². The SMILES string of the molecule is CCCc1ccc(-c2cc3sc(CC[C@H]4CC[C@H](CCC)CC4)cc3s2)cc1. The van der Waals surface area contributed by atoms with Crippen molar-refractivity contribution in [1.29, 1.82) is 0 Å². The van der Waals surface area contributed by atoms with Crippen LogP contribution in [-0.2, 0) is 12.8 Å². The fourth-order valence-corrected chi connectivity index (χ4v) is 7.28. The average molecular weight is 411 g/mol. The first-order chi connectivity index (χ1) is 13.7. The molecule has 1 aliphatic carbocycles. The lowest BCUT2D eigenvalue weighted by Gasteiger charge is -2.28. The monoisotopic (exact) mass is 410 g/mol. The number of fused-ring (bicyclic) bond motifs is 1. The highest BCUT2D eigenvalue weighted by Gasteiger charge is 2.20. The van der Waals surface area contributed by atoms with Crippen LogP contribution in [0.3, 0.4) is 0 Å². The molecule has 0 saturated heterocycles. The summed E-state index contributed by atoms with van der Waals surface area (Å²) in [5, 5.41) is 0. The van der Waals surface area contributed by atoms with E-state index in [0.717, 1.165) is 11.8 Å². The van der Waals surface area contributed by atoms with Crippen LogP contribution >= 0.6 is 22.7 Å². The van der Waals surface area contributed by atoms with Gasteiger partial charge in [-0.1, -0.05) is 83.1 Å². The zero-order valence-corrected chi connectivity index (χ0v) is 19.1. The van der Waals surface area contributed by atoms with Crippen molar-refractivity contribution in [2.45, 2.75) is 78.1 Å². The summed E-state index contributed by atoms with van der Waals surface area (Å²) in [6, 6.07) is 14.1. The highest BCUT2D eigenvalue weighted by atomic mass is 32.1. The van der Waals surface area contributed by atoms with Gasteiger partial charge in [-0.25, -0.2) is 0 Å². The second-order valence-electron chi connectivity index (χ2n) is 8.71. The molecule has 0 atom stereocenters. The van der Waals surface area contributed by atoms with Crippen molar-refractivity contribution in [3.05, 3.63) is 46.8 Å². The fraction of sp³-hybridized carbons (Fsp3) is 0.538. The first kappa shape index (κ1) is 20.2. The van der Waals surface area contributed by atoms with Crippen LogP contribution in [0.4, 0.5) is 0 Å². The fourth-order valence-electron chi connectivity index (χ4n) is 4.84. The normalized spacial score (nSPS) is 20.1. The number of rotatable bonds is 8. The molecule has 1 saturated carbocycles. The van der Waals surface area contributed by atoms with E-state index >= 15 is 0 Å². The second-order valence-corrected chi connectivity index (χ2v) is 11.0. The van der Waals surface area contributed by atoms with E-state index in [1.165, 1.54) is 89.6 Å². The molecule has 0 spiro atoms. The first-order valence-corrected chi connectivity index (χ1v) is 13.0. The van der Waals surface area contributed by atoms with E-state index in [-0.39, 0.29) is 0 Å². The van der Waals surface area contributed by atoms with Crippen LogP contribution in [0.2, 0.25) is 0 Å². The summed E-state index contributed by atoms with van der Waals surface area (Å²) in [6.07, 6.45) is 13.8. The van der Waals surface area contributed by atoms with Gasteiger partial charge < -0.3 is 0 Å². The summed E-state index contributed by atoms with van der Waals surface area (Å²) in [6.45, 7) is 4.58. The lowest BCUT2D eigenvalue weighted by molar-refractivity contribution is 0.252. The minimum atomic E-state index is 0.977. The Bertz CT molecular complexity index is 828. The smallest absolute Gasteiger partial charge is 0.0460 e. The van der Waals surface area contributed by atoms with E-state index in [0.29, 0.717) is 0 Å². The van der Waals surface area contributed by atoms with E-state index in [1.54, 1.807) is 4.88 Å². The van der Waals surface area contributed by atoms with Gasteiger partial charge in [-0.15, -0.1) is 22.7 Å². The molecule has 0 unspecified atom stereocenters. The molecule has 28 heavy (non-hydrogen) atoms. The zero-order valence-electron chi connectivity index (χ0n) is 17.5. The zero-order chi connectivity index (χ0) is 19.3. The molecule has 1 aromatic carbocycles. The van der Waals surface area contributed by atoms with Gasteiger partial charge in [-0.05, 0) is 54.4 Å². The number of benzene rings is 1. The summed E-state index contributed by atoms with van der Waals surface area (Å²) in [5.41, 5.74) is 2.83. The molecule has 1 fully saturated rings. The summed E-state index contributed by atoms with van der Waals surface area (Å²) in [5.74, 6) is 2.01. The van der Waals surface area contributed by atoms with E-state index < -0.39 is 0 Å². The van der Waals surface area contributed by atoms with E-state index in [9.17, 15) is 0 Å². The molecule has 2 heteroatoms. The average Bonchev–Trinajstić information content (AvgIpc) is 3.27. The Morgan fingerprint density at radius 3 is 2.07 bits per heavy atom. The Hall–Kier alpha value is -1.12. The first-order valence-electron chi connectivity index (χ1n) is 11.4. The molecule has 150 valence electrons. The highest BCUT2D eigenvalue weighted by Crippen LogP contribution is 2.40. The van der Waals surface area contributed by atoms with Crippen LogP contribution in [0.5, 0.6) is 0 Å². The predicted molar refractivity (Wildman–Crippen MR) is 128 cm³/mol. The molecule has 0 radical (unpaired) electrons. The van der Waals surface area contributed by atoms with Crippen molar-refractivity contribution < 1.29 is 0 Å². The van der Waals surface area contributed by atoms with Crippen molar-refractivity contribution in [3.8, 4) is 10.4 Å². The molecule has 0 aliphatic heterocycles. The third-order valence-electron chi connectivity index (χ3n) is 6.50. The molecule has 2 aromatic heterocycles.